The van der Waals surface area contributed by atoms with Gasteiger partial charge in [-0.2, -0.15) is 0 Å². The van der Waals surface area contributed by atoms with Crippen LogP contribution >= 0.6 is 11.6 Å². The molecule has 0 aromatic heterocycles. The number of hydrogen-bond donors (Lipinski definition) is 1. The van der Waals surface area contributed by atoms with E-state index in [1.807, 2.05) is 12.1 Å². The maximum absolute atomic E-state index is 5.90. The smallest absolute Gasteiger partial charge is 0.0643 e. The van der Waals surface area contributed by atoms with Crippen molar-refractivity contribution in [3.05, 3.63) is 34.9 Å². The number of halogens is 1. The molecule has 1 N–H and O–H groups in total. The first-order valence-electron chi connectivity index (χ1n) is 5.89. The van der Waals surface area contributed by atoms with Crippen molar-refractivity contribution in [2.45, 2.75) is 31.8 Å². The number of benzene rings is 1. The molecule has 0 saturated carbocycles. The standard InChI is InChI=1S/C13H18ClNO/c1-2-3-13(15-12-8-16-9-12)10-4-6-11(14)7-5-10/h4-7,12-13,15H,2-3,8-9H2,1H3. The van der Waals surface area contributed by atoms with Gasteiger partial charge in [0.05, 0.1) is 19.3 Å². The predicted molar refractivity (Wildman–Crippen MR) is 66.8 cm³/mol. The lowest BCUT2D eigenvalue weighted by Crippen LogP contribution is -2.47. The van der Waals surface area contributed by atoms with Crippen LogP contribution in [-0.4, -0.2) is 19.3 Å². The number of ether oxygens (including phenoxy) is 1. The average Bonchev–Trinajstić information content (AvgIpc) is 2.23. The normalized spacial score (nSPS) is 18.1. The van der Waals surface area contributed by atoms with Crippen molar-refractivity contribution in [3.63, 3.8) is 0 Å². The zero-order chi connectivity index (χ0) is 11.4. The molecule has 1 aromatic carbocycles. The number of hydrogen-bond acceptors (Lipinski definition) is 2. The summed E-state index contributed by atoms with van der Waals surface area (Å²) >= 11 is 5.90. The lowest BCUT2D eigenvalue weighted by molar-refractivity contribution is -0.0106. The first kappa shape index (κ1) is 11.9. The summed E-state index contributed by atoms with van der Waals surface area (Å²) < 4.78 is 5.19. The topological polar surface area (TPSA) is 21.3 Å². The summed E-state index contributed by atoms with van der Waals surface area (Å²) in [6.45, 7) is 3.89. The number of nitrogens with one attached hydrogen (secondary N) is 1. The van der Waals surface area contributed by atoms with Gasteiger partial charge in [0.1, 0.15) is 0 Å². The zero-order valence-electron chi connectivity index (χ0n) is 9.58. The highest BCUT2D eigenvalue weighted by Crippen LogP contribution is 2.22. The van der Waals surface area contributed by atoms with Gasteiger partial charge >= 0.3 is 0 Å². The Morgan fingerprint density at radius 3 is 2.56 bits per heavy atom. The lowest BCUT2D eigenvalue weighted by atomic mass is 10.0. The lowest BCUT2D eigenvalue weighted by Gasteiger charge is -2.31. The van der Waals surface area contributed by atoms with E-state index in [-0.39, 0.29) is 0 Å². The molecule has 16 heavy (non-hydrogen) atoms. The van der Waals surface area contributed by atoms with Crippen molar-refractivity contribution in [2.24, 2.45) is 0 Å². The van der Waals surface area contributed by atoms with Gasteiger partial charge in [0.25, 0.3) is 0 Å². The fourth-order valence-electron chi connectivity index (χ4n) is 1.95. The van der Waals surface area contributed by atoms with E-state index in [1.165, 1.54) is 12.0 Å². The molecular formula is C13H18ClNO. The van der Waals surface area contributed by atoms with Crippen molar-refractivity contribution >= 4 is 11.6 Å². The van der Waals surface area contributed by atoms with E-state index in [0.29, 0.717) is 12.1 Å². The summed E-state index contributed by atoms with van der Waals surface area (Å²) in [7, 11) is 0. The second-order valence-corrected chi connectivity index (χ2v) is 4.73. The Hall–Kier alpha value is -0.570. The van der Waals surface area contributed by atoms with Gasteiger partial charge in [0.15, 0.2) is 0 Å². The molecule has 1 unspecified atom stereocenters. The summed E-state index contributed by atoms with van der Waals surface area (Å²) in [4.78, 5) is 0. The molecule has 1 saturated heterocycles. The molecular weight excluding hydrogens is 222 g/mol. The van der Waals surface area contributed by atoms with E-state index in [0.717, 1.165) is 24.7 Å². The van der Waals surface area contributed by atoms with Gasteiger partial charge in [-0.1, -0.05) is 37.1 Å². The predicted octanol–water partition coefficient (Wildman–Crippen LogP) is 3.17. The van der Waals surface area contributed by atoms with Gasteiger partial charge in [-0.3, -0.25) is 0 Å². The highest BCUT2D eigenvalue weighted by atomic mass is 35.5. The highest BCUT2D eigenvalue weighted by Gasteiger charge is 2.22. The Morgan fingerprint density at radius 1 is 1.38 bits per heavy atom. The molecule has 2 rings (SSSR count). The van der Waals surface area contributed by atoms with Gasteiger partial charge in [0, 0.05) is 11.1 Å². The molecule has 0 amide bonds. The van der Waals surface area contributed by atoms with E-state index in [9.17, 15) is 0 Å². The fraction of sp³-hybridized carbons (Fsp3) is 0.538. The third-order valence-electron chi connectivity index (χ3n) is 2.92. The van der Waals surface area contributed by atoms with Crippen LogP contribution in [0.2, 0.25) is 5.02 Å². The largest absolute Gasteiger partial charge is 0.378 e. The van der Waals surface area contributed by atoms with Gasteiger partial charge < -0.3 is 10.1 Å². The van der Waals surface area contributed by atoms with Crippen LogP contribution in [0.1, 0.15) is 31.4 Å². The molecule has 3 heteroatoms. The minimum atomic E-state index is 0.427. The van der Waals surface area contributed by atoms with E-state index in [2.05, 4.69) is 24.4 Å². The summed E-state index contributed by atoms with van der Waals surface area (Å²) in [6.07, 6.45) is 2.33. The van der Waals surface area contributed by atoms with Crippen molar-refractivity contribution < 1.29 is 4.74 Å². The molecule has 1 aliphatic heterocycles. The molecule has 0 spiro atoms. The first-order valence-corrected chi connectivity index (χ1v) is 6.26. The molecule has 1 aromatic rings. The van der Waals surface area contributed by atoms with Crippen LogP contribution in [0.15, 0.2) is 24.3 Å². The number of rotatable bonds is 5. The quantitative estimate of drug-likeness (QED) is 0.852. The molecule has 88 valence electrons. The molecule has 1 atom stereocenters. The Morgan fingerprint density at radius 2 is 2.06 bits per heavy atom. The van der Waals surface area contributed by atoms with E-state index in [1.54, 1.807) is 0 Å². The van der Waals surface area contributed by atoms with Crippen LogP contribution in [-0.2, 0) is 4.74 Å². The molecule has 1 fully saturated rings. The van der Waals surface area contributed by atoms with Crippen molar-refractivity contribution in [1.29, 1.82) is 0 Å². The third-order valence-corrected chi connectivity index (χ3v) is 3.18. The SMILES string of the molecule is CCCC(NC1COC1)c1ccc(Cl)cc1. The maximum atomic E-state index is 5.90. The van der Waals surface area contributed by atoms with Crippen LogP contribution in [0, 0.1) is 0 Å². The highest BCUT2D eigenvalue weighted by molar-refractivity contribution is 6.30. The summed E-state index contributed by atoms with van der Waals surface area (Å²) in [5.74, 6) is 0. The van der Waals surface area contributed by atoms with Crippen molar-refractivity contribution in [1.82, 2.24) is 5.32 Å². The minimum Gasteiger partial charge on any atom is -0.378 e. The minimum absolute atomic E-state index is 0.427. The van der Waals surface area contributed by atoms with Crippen LogP contribution in [0.4, 0.5) is 0 Å². The molecule has 0 bridgehead atoms. The van der Waals surface area contributed by atoms with Crippen molar-refractivity contribution in [2.75, 3.05) is 13.2 Å². The molecule has 0 radical (unpaired) electrons. The summed E-state index contributed by atoms with van der Waals surface area (Å²) in [5.41, 5.74) is 1.32. The van der Waals surface area contributed by atoms with Crippen LogP contribution < -0.4 is 5.32 Å². The van der Waals surface area contributed by atoms with Gasteiger partial charge in [-0.25, -0.2) is 0 Å². The van der Waals surface area contributed by atoms with Crippen LogP contribution in [0.3, 0.4) is 0 Å². The van der Waals surface area contributed by atoms with Crippen molar-refractivity contribution in [3.8, 4) is 0 Å². The first-order chi connectivity index (χ1) is 7.79. The molecule has 1 heterocycles. The Balaban J connectivity index is 2.01. The van der Waals surface area contributed by atoms with Crippen LogP contribution in [0.25, 0.3) is 0 Å². The Labute approximate surface area is 102 Å². The molecule has 1 aliphatic rings. The second kappa shape index (κ2) is 5.67. The summed E-state index contributed by atoms with van der Waals surface area (Å²) in [5, 5.41) is 4.42. The Kier molecular flexibility index (Phi) is 4.22. The molecule has 0 aliphatic carbocycles. The van der Waals surface area contributed by atoms with Gasteiger partial charge in [-0.15, -0.1) is 0 Å². The second-order valence-electron chi connectivity index (χ2n) is 4.29. The average molecular weight is 240 g/mol. The third kappa shape index (κ3) is 2.97. The maximum Gasteiger partial charge on any atom is 0.0643 e. The van der Waals surface area contributed by atoms with Crippen LogP contribution in [0.5, 0.6) is 0 Å². The molecule has 2 nitrogen and oxygen atoms in total. The van der Waals surface area contributed by atoms with E-state index < -0.39 is 0 Å². The monoisotopic (exact) mass is 239 g/mol. The van der Waals surface area contributed by atoms with Gasteiger partial charge in [0.2, 0.25) is 0 Å². The summed E-state index contributed by atoms with van der Waals surface area (Å²) in [6, 6.07) is 9.07. The van der Waals surface area contributed by atoms with E-state index >= 15 is 0 Å². The Bertz CT molecular complexity index is 321. The van der Waals surface area contributed by atoms with Gasteiger partial charge in [-0.05, 0) is 24.1 Å². The fourth-order valence-corrected chi connectivity index (χ4v) is 2.07. The zero-order valence-corrected chi connectivity index (χ0v) is 10.3. The van der Waals surface area contributed by atoms with E-state index in [4.69, 9.17) is 16.3 Å².